The number of nitrogens with zero attached hydrogens (tertiary/aromatic N) is 1. The van der Waals surface area contributed by atoms with E-state index in [1.807, 2.05) is 0 Å². The average molecular weight is 370 g/mol. The standard InChI is InChI=1S/C17H17F3N2O4/c18-17(19,20)26-11-7-5-10(6-8-11)21-14(23)9-22-15(24)12-3-1-2-4-13(12)16(22)25/h5-8,12-13H,1-4,9H2,(H,21,23). The number of carbonyl (C=O) groups excluding carboxylic acids is 3. The smallest absolute Gasteiger partial charge is 0.406 e. The van der Waals surface area contributed by atoms with E-state index in [0.29, 0.717) is 12.8 Å². The van der Waals surface area contributed by atoms with Crippen molar-refractivity contribution in [3.8, 4) is 5.75 Å². The fourth-order valence-electron chi connectivity index (χ4n) is 3.47. The molecular formula is C17H17F3N2O4. The average Bonchev–Trinajstić information content (AvgIpc) is 2.81. The van der Waals surface area contributed by atoms with Gasteiger partial charge in [-0.25, -0.2) is 0 Å². The lowest BCUT2D eigenvalue weighted by Gasteiger charge is -2.19. The third kappa shape index (κ3) is 3.97. The molecule has 0 bridgehead atoms. The molecule has 1 saturated heterocycles. The lowest BCUT2D eigenvalue weighted by Crippen LogP contribution is -2.38. The molecule has 1 heterocycles. The highest BCUT2D eigenvalue weighted by Gasteiger charge is 2.48. The first-order valence-corrected chi connectivity index (χ1v) is 8.25. The zero-order valence-electron chi connectivity index (χ0n) is 13.7. The number of halogens is 3. The SMILES string of the molecule is O=C(CN1C(=O)C2CCCCC2C1=O)Nc1ccc(OC(F)(F)F)cc1. The van der Waals surface area contributed by atoms with E-state index in [1.165, 1.54) is 12.1 Å². The molecule has 3 rings (SSSR count). The van der Waals surface area contributed by atoms with E-state index < -0.39 is 24.6 Å². The van der Waals surface area contributed by atoms with Crippen LogP contribution in [0.4, 0.5) is 18.9 Å². The van der Waals surface area contributed by atoms with Gasteiger partial charge >= 0.3 is 6.36 Å². The topological polar surface area (TPSA) is 75.7 Å². The molecule has 1 aromatic carbocycles. The third-order valence-corrected chi connectivity index (χ3v) is 4.61. The van der Waals surface area contributed by atoms with E-state index >= 15 is 0 Å². The largest absolute Gasteiger partial charge is 0.573 e. The van der Waals surface area contributed by atoms with Crippen LogP contribution in [0.1, 0.15) is 25.7 Å². The van der Waals surface area contributed by atoms with Crippen LogP contribution in [0.25, 0.3) is 0 Å². The van der Waals surface area contributed by atoms with Gasteiger partial charge in [-0.05, 0) is 37.1 Å². The minimum absolute atomic E-state index is 0.237. The van der Waals surface area contributed by atoms with Crippen molar-refractivity contribution >= 4 is 23.4 Å². The molecule has 2 aliphatic rings. The minimum atomic E-state index is -4.79. The number of benzene rings is 1. The van der Waals surface area contributed by atoms with Gasteiger partial charge in [0.05, 0.1) is 11.8 Å². The maximum atomic E-state index is 12.3. The quantitative estimate of drug-likeness (QED) is 0.827. The van der Waals surface area contributed by atoms with E-state index in [1.54, 1.807) is 0 Å². The molecule has 0 aromatic heterocycles. The molecule has 2 atom stereocenters. The van der Waals surface area contributed by atoms with Crippen LogP contribution in [0, 0.1) is 11.8 Å². The molecule has 0 spiro atoms. The number of rotatable bonds is 4. The van der Waals surface area contributed by atoms with Crippen LogP contribution in [0.15, 0.2) is 24.3 Å². The number of fused-ring (bicyclic) bond motifs is 1. The fraction of sp³-hybridized carbons (Fsp3) is 0.471. The summed E-state index contributed by atoms with van der Waals surface area (Å²) in [6.07, 6.45) is -1.68. The Morgan fingerprint density at radius 2 is 1.62 bits per heavy atom. The van der Waals surface area contributed by atoms with Gasteiger partial charge in [0.25, 0.3) is 0 Å². The lowest BCUT2D eigenvalue weighted by atomic mass is 9.81. The molecule has 3 amide bonds. The first-order chi connectivity index (χ1) is 12.2. The normalized spacial score (nSPS) is 23.0. The number of likely N-dealkylation sites (tertiary alicyclic amines) is 1. The number of amides is 3. The molecule has 2 unspecified atom stereocenters. The zero-order valence-corrected chi connectivity index (χ0v) is 13.7. The van der Waals surface area contributed by atoms with Crippen LogP contribution in [0.5, 0.6) is 5.75 Å². The van der Waals surface area contributed by atoms with E-state index in [2.05, 4.69) is 10.1 Å². The summed E-state index contributed by atoms with van der Waals surface area (Å²) in [4.78, 5) is 37.7. The van der Waals surface area contributed by atoms with Crippen LogP contribution in [0.3, 0.4) is 0 Å². The molecule has 0 radical (unpaired) electrons. The van der Waals surface area contributed by atoms with Gasteiger partial charge in [-0.2, -0.15) is 0 Å². The number of hydrogen-bond donors (Lipinski definition) is 1. The second-order valence-electron chi connectivity index (χ2n) is 6.38. The van der Waals surface area contributed by atoms with E-state index in [0.717, 1.165) is 29.9 Å². The first-order valence-electron chi connectivity index (χ1n) is 8.25. The zero-order chi connectivity index (χ0) is 18.9. The number of alkyl halides is 3. The molecule has 9 heteroatoms. The van der Waals surface area contributed by atoms with Crippen molar-refractivity contribution in [2.45, 2.75) is 32.0 Å². The predicted molar refractivity (Wildman–Crippen MR) is 83.9 cm³/mol. The van der Waals surface area contributed by atoms with Gasteiger partial charge in [0.15, 0.2) is 0 Å². The summed E-state index contributed by atoms with van der Waals surface area (Å²) in [6, 6.07) is 4.60. The van der Waals surface area contributed by atoms with E-state index in [-0.39, 0.29) is 29.3 Å². The van der Waals surface area contributed by atoms with Gasteiger partial charge in [-0.3, -0.25) is 19.3 Å². The van der Waals surface area contributed by atoms with Crippen LogP contribution in [0.2, 0.25) is 0 Å². The van der Waals surface area contributed by atoms with Gasteiger partial charge in [-0.15, -0.1) is 13.2 Å². The molecular weight excluding hydrogens is 353 g/mol. The highest BCUT2D eigenvalue weighted by Crippen LogP contribution is 2.37. The van der Waals surface area contributed by atoms with Crippen molar-refractivity contribution in [3.05, 3.63) is 24.3 Å². The highest BCUT2D eigenvalue weighted by atomic mass is 19.4. The number of imide groups is 1. The minimum Gasteiger partial charge on any atom is -0.406 e. The summed E-state index contributed by atoms with van der Waals surface area (Å²) >= 11 is 0. The molecule has 6 nitrogen and oxygen atoms in total. The van der Waals surface area contributed by atoms with Gasteiger partial charge in [-0.1, -0.05) is 12.8 Å². The van der Waals surface area contributed by atoms with Crippen molar-refractivity contribution in [1.29, 1.82) is 0 Å². The lowest BCUT2D eigenvalue weighted by molar-refractivity contribution is -0.274. The van der Waals surface area contributed by atoms with E-state index in [9.17, 15) is 27.6 Å². The van der Waals surface area contributed by atoms with E-state index in [4.69, 9.17) is 0 Å². The maximum Gasteiger partial charge on any atom is 0.573 e. The van der Waals surface area contributed by atoms with Gasteiger partial charge in [0.1, 0.15) is 12.3 Å². The van der Waals surface area contributed by atoms with Crippen LogP contribution in [-0.2, 0) is 14.4 Å². The number of hydrogen-bond acceptors (Lipinski definition) is 4. The summed E-state index contributed by atoms with van der Waals surface area (Å²) in [5, 5.41) is 2.46. The molecule has 1 N–H and O–H groups in total. The van der Waals surface area contributed by atoms with Crippen molar-refractivity contribution in [3.63, 3.8) is 0 Å². The Balaban J connectivity index is 1.59. The molecule has 26 heavy (non-hydrogen) atoms. The van der Waals surface area contributed by atoms with Crippen LogP contribution >= 0.6 is 0 Å². The third-order valence-electron chi connectivity index (χ3n) is 4.61. The predicted octanol–water partition coefficient (Wildman–Crippen LogP) is 2.70. The number of ether oxygens (including phenoxy) is 1. The Bertz CT molecular complexity index is 694. The van der Waals surface area contributed by atoms with Crippen molar-refractivity contribution in [1.82, 2.24) is 4.90 Å². The van der Waals surface area contributed by atoms with Gasteiger partial charge in [0.2, 0.25) is 17.7 Å². The monoisotopic (exact) mass is 370 g/mol. The summed E-state index contributed by atoms with van der Waals surface area (Å²) < 4.78 is 40.1. The van der Waals surface area contributed by atoms with Crippen molar-refractivity contribution in [2.24, 2.45) is 11.8 Å². The Hall–Kier alpha value is -2.58. The Morgan fingerprint density at radius 1 is 1.08 bits per heavy atom. The number of carbonyl (C=O) groups is 3. The van der Waals surface area contributed by atoms with Gasteiger partial charge < -0.3 is 10.1 Å². The summed E-state index contributed by atoms with van der Waals surface area (Å²) in [5.41, 5.74) is 0.237. The van der Waals surface area contributed by atoms with Crippen molar-refractivity contribution < 1.29 is 32.3 Å². The fourth-order valence-corrected chi connectivity index (χ4v) is 3.47. The number of nitrogens with one attached hydrogen (secondary N) is 1. The Labute approximate surface area is 147 Å². The van der Waals surface area contributed by atoms with Gasteiger partial charge in [0, 0.05) is 5.69 Å². The summed E-state index contributed by atoms with van der Waals surface area (Å²) in [7, 11) is 0. The second kappa shape index (κ2) is 6.97. The second-order valence-corrected chi connectivity index (χ2v) is 6.38. The maximum absolute atomic E-state index is 12.3. The molecule has 1 aliphatic carbocycles. The first kappa shape index (κ1) is 18.2. The van der Waals surface area contributed by atoms with Crippen LogP contribution in [-0.4, -0.2) is 35.5 Å². The molecule has 2 fully saturated rings. The molecule has 1 saturated carbocycles. The molecule has 140 valence electrons. The van der Waals surface area contributed by atoms with Crippen molar-refractivity contribution in [2.75, 3.05) is 11.9 Å². The Kier molecular flexibility index (Phi) is 4.88. The molecule has 1 aromatic rings. The summed E-state index contributed by atoms with van der Waals surface area (Å²) in [6.45, 7) is -0.397. The summed E-state index contributed by atoms with van der Waals surface area (Å²) in [5.74, 6) is -2.29. The molecule has 1 aliphatic heterocycles. The Morgan fingerprint density at radius 3 is 2.12 bits per heavy atom. The highest BCUT2D eigenvalue weighted by molar-refractivity contribution is 6.08. The van der Waals surface area contributed by atoms with Crippen LogP contribution < -0.4 is 10.1 Å². The number of anilines is 1.